The summed E-state index contributed by atoms with van der Waals surface area (Å²) < 4.78 is 47.7. The van der Waals surface area contributed by atoms with Gasteiger partial charge in [0.2, 0.25) is 10.0 Å². The van der Waals surface area contributed by atoms with Gasteiger partial charge in [0.05, 0.1) is 23.1 Å². The Morgan fingerprint density at radius 1 is 1.16 bits per heavy atom. The third kappa shape index (κ3) is 6.33. The fourth-order valence-electron chi connectivity index (χ4n) is 4.70. The second-order valence-electron chi connectivity index (χ2n) is 9.68. The van der Waals surface area contributed by atoms with E-state index in [9.17, 15) is 12.8 Å². The Bertz CT molecular complexity index is 838. The Morgan fingerprint density at radius 3 is 2.42 bits per heavy atom. The van der Waals surface area contributed by atoms with Crippen molar-refractivity contribution in [3.63, 3.8) is 0 Å². The van der Waals surface area contributed by atoms with Crippen LogP contribution in [0.1, 0.15) is 53.9 Å². The molecule has 6 nitrogen and oxygen atoms in total. The van der Waals surface area contributed by atoms with Crippen LogP contribution in [-0.4, -0.2) is 51.6 Å². The van der Waals surface area contributed by atoms with Gasteiger partial charge in [-0.3, -0.25) is 0 Å². The highest BCUT2D eigenvalue weighted by Crippen LogP contribution is 2.31. The number of anilines is 2. The first-order valence-corrected chi connectivity index (χ1v) is 13.0. The van der Waals surface area contributed by atoms with Crippen molar-refractivity contribution >= 4 is 21.4 Å². The van der Waals surface area contributed by atoms with Gasteiger partial charge in [0.15, 0.2) is 0 Å². The summed E-state index contributed by atoms with van der Waals surface area (Å²) in [5.41, 5.74) is 1.41. The summed E-state index contributed by atoms with van der Waals surface area (Å²) in [6.45, 7) is 11.8. The molecular formula is C23H38FN3O3S. The van der Waals surface area contributed by atoms with Crippen molar-refractivity contribution in [2.24, 2.45) is 11.8 Å². The Balaban J connectivity index is 1.53. The van der Waals surface area contributed by atoms with Crippen LogP contribution in [0.25, 0.3) is 0 Å². The van der Waals surface area contributed by atoms with E-state index in [0.717, 1.165) is 38.0 Å². The Kier molecular flexibility index (Phi) is 7.86. The van der Waals surface area contributed by atoms with E-state index in [0.29, 0.717) is 18.2 Å². The van der Waals surface area contributed by atoms with Gasteiger partial charge in [-0.05, 0) is 77.0 Å². The van der Waals surface area contributed by atoms with Crippen LogP contribution in [0.15, 0.2) is 18.2 Å². The van der Waals surface area contributed by atoms with E-state index in [-0.39, 0.29) is 30.0 Å². The maximum Gasteiger partial charge on any atom is 0.214 e. The van der Waals surface area contributed by atoms with Gasteiger partial charge in [-0.2, -0.15) is 0 Å². The number of rotatable bonds is 7. The zero-order valence-corrected chi connectivity index (χ0v) is 20.2. The number of morpholine rings is 1. The number of nitrogens with one attached hydrogen (secondary N) is 2. The van der Waals surface area contributed by atoms with Crippen molar-refractivity contribution in [1.82, 2.24) is 4.72 Å². The van der Waals surface area contributed by atoms with Crippen molar-refractivity contribution in [2.45, 2.75) is 77.4 Å². The quantitative estimate of drug-likeness (QED) is 0.651. The number of halogens is 1. The Hall–Kier alpha value is -1.38. The van der Waals surface area contributed by atoms with Crippen LogP contribution < -0.4 is 14.9 Å². The molecule has 31 heavy (non-hydrogen) atoms. The van der Waals surface area contributed by atoms with Crippen molar-refractivity contribution in [2.75, 3.05) is 29.9 Å². The largest absolute Gasteiger partial charge is 0.382 e. The van der Waals surface area contributed by atoms with Gasteiger partial charge >= 0.3 is 0 Å². The minimum absolute atomic E-state index is 0.0158. The number of sulfonamides is 1. The average molecular weight is 456 g/mol. The average Bonchev–Trinajstić information content (AvgIpc) is 2.68. The van der Waals surface area contributed by atoms with Crippen molar-refractivity contribution in [3.05, 3.63) is 24.0 Å². The molecule has 1 aromatic rings. The molecule has 1 aliphatic heterocycles. The first kappa shape index (κ1) is 24.3. The van der Waals surface area contributed by atoms with Crippen LogP contribution in [0, 0.1) is 17.7 Å². The summed E-state index contributed by atoms with van der Waals surface area (Å²) in [7, 11) is -3.26. The lowest BCUT2D eigenvalue weighted by Gasteiger charge is -2.37. The molecule has 3 rings (SSSR count). The van der Waals surface area contributed by atoms with E-state index >= 15 is 0 Å². The van der Waals surface area contributed by atoms with Crippen LogP contribution in [-0.2, 0) is 14.8 Å². The lowest BCUT2D eigenvalue weighted by Crippen LogP contribution is -2.45. The lowest BCUT2D eigenvalue weighted by atomic mass is 9.79. The van der Waals surface area contributed by atoms with Gasteiger partial charge in [0.25, 0.3) is 0 Å². The van der Waals surface area contributed by atoms with Crippen LogP contribution in [0.4, 0.5) is 15.8 Å². The normalized spacial score (nSPS) is 29.9. The fourth-order valence-corrected chi connectivity index (χ4v) is 5.75. The molecule has 0 aromatic heterocycles. The minimum atomic E-state index is -3.26. The summed E-state index contributed by atoms with van der Waals surface area (Å²) in [5, 5.41) is 2.85. The van der Waals surface area contributed by atoms with Crippen LogP contribution >= 0.6 is 0 Å². The number of nitrogens with zero attached hydrogens (tertiary/aromatic N) is 1. The van der Waals surface area contributed by atoms with Crippen LogP contribution in [0.5, 0.6) is 0 Å². The minimum Gasteiger partial charge on any atom is -0.382 e. The number of ether oxygens (including phenoxy) is 1. The molecule has 0 radical (unpaired) electrons. The second-order valence-corrected chi connectivity index (χ2v) is 12.0. The fraction of sp³-hybridized carbons (Fsp3) is 0.739. The van der Waals surface area contributed by atoms with E-state index < -0.39 is 15.3 Å². The first-order chi connectivity index (χ1) is 14.5. The van der Waals surface area contributed by atoms with Gasteiger partial charge in [-0.15, -0.1) is 0 Å². The van der Waals surface area contributed by atoms with Gasteiger partial charge in [0, 0.05) is 31.4 Å². The van der Waals surface area contributed by atoms with E-state index in [2.05, 4.69) is 21.9 Å². The third-order valence-electron chi connectivity index (χ3n) is 6.53. The third-order valence-corrected chi connectivity index (χ3v) is 8.41. The van der Waals surface area contributed by atoms with Crippen molar-refractivity contribution in [3.8, 4) is 0 Å². The molecule has 176 valence electrons. The molecule has 8 heteroatoms. The van der Waals surface area contributed by atoms with Gasteiger partial charge < -0.3 is 15.0 Å². The molecule has 5 atom stereocenters. The first-order valence-electron chi connectivity index (χ1n) is 11.5. The van der Waals surface area contributed by atoms with E-state index in [1.54, 1.807) is 19.9 Å². The zero-order chi connectivity index (χ0) is 22.8. The smallest absolute Gasteiger partial charge is 0.214 e. The molecule has 1 unspecified atom stereocenters. The monoisotopic (exact) mass is 455 g/mol. The highest BCUT2D eigenvalue weighted by molar-refractivity contribution is 7.90. The van der Waals surface area contributed by atoms with Gasteiger partial charge in [-0.1, -0.05) is 6.92 Å². The zero-order valence-electron chi connectivity index (χ0n) is 19.4. The number of hydrogen-bond acceptors (Lipinski definition) is 5. The predicted molar refractivity (Wildman–Crippen MR) is 125 cm³/mol. The lowest BCUT2D eigenvalue weighted by molar-refractivity contribution is -0.00523. The molecule has 0 spiro atoms. The molecule has 2 aliphatic rings. The molecule has 2 N–H and O–H groups in total. The van der Waals surface area contributed by atoms with Gasteiger partial charge in [0.1, 0.15) is 5.82 Å². The molecule has 1 saturated carbocycles. The van der Waals surface area contributed by atoms with Crippen LogP contribution in [0.3, 0.4) is 0 Å². The summed E-state index contributed by atoms with van der Waals surface area (Å²) in [6, 6.07) is 5.38. The maximum atomic E-state index is 14.8. The molecule has 1 aromatic carbocycles. The molecule has 1 aliphatic carbocycles. The van der Waals surface area contributed by atoms with E-state index in [1.807, 2.05) is 26.0 Å². The number of hydrogen-bond donors (Lipinski definition) is 2. The molecule has 0 bridgehead atoms. The summed E-state index contributed by atoms with van der Waals surface area (Å²) in [4.78, 5) is 2.17. The molecule has 0 amide bonds. The highest BCUT2D eigenvalue weighted by Gasteiger charge is 2.31. The molecule has 1 saturated heterocycles. The van der Waals surface area contributed by atoms with E-state index in [4.69, 9.17) is 4.74 Å². The van der Waals surface area contributed by atoms with Crippen molar-refractivity contribution < 1.29 is 17.5 Å². The Morgan fingerprint density at radius 2 is 1.84 bits per heavy atom. The SMILES string of the molecule is CC1C[C@H](CNc2ccc(N3C[C@@H](C)O[C@@H](C)C3)cc2F)CC[C@H]1NS(=O)(=O)C(C)C. The molecule has 2 fully saturated rings. The van der Waals surface area contributed by atoms with Crippen LogP contribution in [0.2, 0.25) is 0 Å². The molecular weight excluding hydrogens is 417 g/mol. The highest BCUT2D eigenvalue weighted by atomic mass is 32.2. The maximum absolute atomic E-state index is 14.8. The summed E-state index contributed by atoms with van der Waals surface area (Å²) >= 11 is 0. The van der Waals surface area contributed by atoms with Crippen molar-refractivity contribution in [1.29, 1.82) is 0 Å². The number of benzene rings is 1. The molecule has 1 heterocycles. The van der Waals surface area contributed by atoms with E-state index in [1.165, 1.54) is 0 Å². The second kappa shape index (κ2) is 10.0. The predicted octanol–water partition coefficient (Wildman–Crippen LogP) is 3.98. The Labute approximate surface area is 187 Å². The summed E-state index contributed by atoms with van der Waals surface area (Å²) in [5.74, 6) is 0.414. The topological polar surface area (TPSA) is 70.7 Å². The van der Waals surface area contributed by atoms with Gasteiger partial charge in [-0.25, -0.2) is 17.5 Å². The standard InChI is InChI=1S/C23H38FN3O3S/c1-15(2)31(28,29)26-22-8-6-19(10-16(22)3)12-25-23-9-7-20(11-21(23)24)27-13-17(4)30-18(5)14-27/h7,9,11,15-19,22,25-26H,6,8,10,12-14H2,1-5H3/t16?,17-,18+,19-,22-/m1/s1. The summed E-state index contributed by atoms with van der Waals surface area (Å²) in [6.07, 6.45) is 2.92.